The molecule has 3 aromatic rings. The SMILES string of the molecule is COc1cc(OC)c(CN[C@H]2CC[C@@H](Nc3nc(N(C)C)c4ccccc4n3)CC2)c(OC)c1. The number of nitrogens with zero attached hydrogens (tertiary/aromatic N) is 3. The van der Waals surface area contributed by atoms with Gasteiger partial charge in [0.15, 0.2) is 0 Å². The Balaban J connectivity index is 1.37. The second kappa shape index (κ2) is 10.8. The molecule has 1 aliphatic carbocycles. The highest BCUT2D eigenvalue weighted by atomic mass is 16.5. The maximum atomic E-state index is 5.58. The van der Waals surface area contributed by atoms with Gasteiger partial charge in [0.2, 0.25) is 5.95 Å². The van der Waals surface area contributed by atoms with Crippen LogP contribution in [-0.4, -0.2) is 57.5 Å². The molecule has 34 heavy (non-hydrogen) atoms. The van der Waals surface area contributed by atoms with Crippen LogP contribution in [0, 0.1) is 0 Å². The minimum atomic E-state index is 0.360. The zero-order chi connectivity index (χ0) is 24.1. The Morgan fingerprint density at radius 3 is 2.15 bits per heavy atom. The van der Waals surface area contributed by atoms with Crippen molar-refractivity contribution in [2.75, 3.05) is 45.6 Å². The van der Waals surface area contributed by atoms with Crippen molar-refractivity contribution < 1.29 is 14.2 Å². The van der Waals surface area contributed by atoms with Crippen LogP contribution in [0.5, 0.6) is 17.2 Å². The van der Waals surface area contributed by atoms with Crippen LogP contribution in [0.15, 0.2) is 36.4 Å². The Hall–Kier alpha value is -3.26. The lowest BCUT2D eigenvalue weighted by Gasteiger charge is -2.30. The number of methoxy groups -OCH3 is 3. The highest BCUT2D eigenvalue weighted by molar-refractivity contribution is 5.90. The number of ether oxygens (including phenoxy) is 3. The van der Waals surface area contributed by atoms with Crippen molar-refractivity contribution in [2.45, 2.75) is 44.3 Å². The molecule has 1 fully saturated rings. The normalized spacial score (nSPS) is 17.9. The summed E-state index contributed by atoms with van der Waals surface area (Å²) in [5.74, 6) is 3.89. The Labute approximate surface area is 201 Å². The van der Waals surface area contributed by atoms with Crippen LogP contribution in [-0.2, 0) is 6.54 Å². The fourth-order valence-electron chi connectivity index (χ4n) is 4.59. The van der Waals surface area contributed by atoms with Crippen LogP contribution in [0.25, 0.3) is 10.9 Å². The summed E-state index contributed by atoms with van der Waals surface area (Å²) in [6.07, 6.45) is 4.27. The number of hydrogen-bond acceptors (Lipinski definition) is 8. The van der Waals surface area contributed by atoms with E-state index in [1.165, 1.54) is 0 Å². The van der Waals surface area contributed by atoms with E-state index in [0.29, 0.717) is 24.6 Å². The maximum Gasteiger partial charge on any atom is 0.225 e. The maximum absolute atomic E-state index is 5.58. The molecule has 182 valence electrons. The average molecular weight is 466 g/mol. The number of fused-ring (bicyclic) bond motifs is 1. The molecule has 2 N–H and O–H groups in total. The van der Waals surface area contributed by atoms with Crippen LogP contribution in [0.3, 0.4) is 0 Å². The first-order chi connectivity index (χ1) is 16.5. The van der Waals surface area contributed by atoms with Gasteiger partial charge in [0.05, 0.1) is 32.4 Å². The lowest BCUT2D eigenvalue weighted by Crippen LogP contribution is -2.37. The summed E-state index contributed by atoms with van der Waals surface area (Å²) in [6, 6.07) is 12.7. The van der Waals surface area contributed by atoms with E-state index in [9.17, 15) is 0 Å². The fraction of sp³-hybridized carbons (Fsp3) is 0.462. The zero-order valence-corrected chi connectivity index (χ0v) is 20.7. The van der Waals surface area contributed by atoms with Gasteiger partial charge in [-0.2, -0.15) is 4.98 Å². The molecular formula is C26H35N5O3. The molecule has 0 radical (unpaired) electrons. The quantitative estimate of drug-likeness (QED) is 0.486. The number of nitrogens with one attached hydrogen (secondary N) is 2. The molecule has 1 aromatic heterocycles. The number of rotatable bonds is 9. The highest BCUT2D eigenvalue weighted by Gasteiger charge is 2.23. The van der Waals surface area contributed by atoms with E-state index in [-0.39, 0.29) is 0 Å². The molecule has 8 heteroatoms. The van der Waals surface area contributed by atoms with E-state index in [0.717, 1.165) is 65.2 Å². The third kappa shape index (κ3) is 5.28. The van der Waals surface area contributed by atoms with Crippen molar-refractivity contribution in [3.63, 3.8) is 0 Å². The minimum Gasteiger partial charge on any atom is -0.496 e. The van der Waals surface area contributed by atoms with E-state index in [2.05, 4.69) is 16.7 Å². The van der Waals surface area contributed by atoms with Crippen LogP contribution in [0.1, 0.15) is 31.2 Å². The Bertz CT molecular complexity index is 1090. The summed E-state index contributed by atoms with van der Waals surface area (Å²) >= 11 is 0. The van der Waals surface area contributed by atoms with Crippen molar-refractivity contribution in [1.29, 1.82) is 0 Å². The predicted molar refractivity (Wildman–Crippen MR) is 136 cm³/mol. The second-order valence-electron chi connectivity index (χ2n) is 8.87. The van der Waals surface area contributed by atoms with Crippen LogP contribution in [0.4, 0.5) is 11.8 Å². The van der Waals surface area contributed by atoms with Crippen molar-refractivity contribution in [2.24, 2.45) is 0 Å². The summed E-state index contributed by atoms with van der Waals surface area (Å²) in [6.45, 7) is 0.680. The molecule has 4 rings (SSSR count). The number of para-hydroxylation sites is 1. The standard InChI is InChI=1S/C26H35N5O3/c1-31(2)25-20-8-6-7-9-22(20)29-26(30-25)28-18-12-10-17(11-13-18)27-16-21-23(33-4)14-19(32-3)15-24(21)34-5/h6-9,14-15,17-18,27H,10-13,16H2,1-5H3,(H,28,29,30)/t17-,18+. The monoisotopic (exact) mass is 465 g/mol. The number of anilines is 2. The summed E-state index contributed by atoms with van der Waals surface area (Å²) in [5.41, 5.74) is 1.97. The van der Waals surface area contributed by atoms with E-state index in [1.807, 2.05) is 49.3 Å². The van der Waals surface area contributed by atoms with Crippen molar-refractivity contribution in [1.82, 2.24) is 15.3 Å². The molecule has 0 bridgehead atoms. The predicted octanol–water partition coefficient (Wildman–Crippen LogP) is 4.23. The van der Waals surface area contributed by atoms with Gasteiger partial charge >= 0.3 is 0 Å². The van der Waals surface area contributed by atoms with Crippen LogP contribution in [0.2, 0.25) is 0 Å². The van der Waals surface area contributed by atoms with Crippen molar-refractivity contribution in [3.05, 3.63) is 42.0 Å². The van der Waals surface area contributed by atoms with Gasteiger partial charge in [0, 0.05) is 50.2 Å². The van der Waals surface area contributed by atoms with Gasteiger partial charge < -0.3 is 29.7 Å². The summed E-state index contributed by atoms with van der Waals surface area (Å²) in [4.78, 5) is 11.6. The Morgan fingerprint density at radius 2 is 1.53 bits per heavy atom. The van der Waals surface area contributed by atoms with Gasteiger partial charge in [-0.05, 0) is 37.8 Å². The van der Waals surface area contributed by atoms with Crippen LogP contribution >= 0.6 is 0 Å². The summed E-state index contributed by atoms with van der Waals surface area (Å²) in [7, 11) is 9.02. The summed E-state index contributed by atoms with van der Waals surface area (Å²) < 4.78 is 16.5. The smallest absolute Gasteiger partial charge is 0.225 e. The minimum absolute atomic E-state index is 0.360. The first-order valence-corrected chi connectivity index (χ1v) is 11.7. The lowest BCUT2D eigenvalue weighted by atomic mass is 9.91. The molecule has 8 nitrogen and oxygen atoms in total. The summed E-state index contributed by atoms with van der Waals surface area (Å²) in [5, 5.41) is 8.34. The average Bonchev–Trinajstić information content (AvgIpc) is 2.87. The molecule has 1 saturated carbocycles. The first-order valence-electron chi connectivity index (χ1n) is 11.7. The number of hydrogen-bond donors (Lipinski definition) is 2. The molecule has 1 aliphatic rings. The molecule has 1 heterocycles. The van der Waals surface area contributed by atoms with E-state index >= 15 is 0 Å². The third-order valence-electron chi connectivity index (χ3n) is 6.45. The van der Waals surface area contributed by atoms with Gasteiger partial charge in [-0.3, -0.25) is 0 Å². The van der Waals surface area contributed by atoms with E-state index < -0.39 is 0 Å². The molecule has 0 amide bonds. The Morgan fingerprint density at radius 1 is 0.882 bits per heavy atom. The topological polar surface area (TPSA) is 80.8 Å². The number of aromatic nitrogens is 2. The fourth-order valence-corrected chi connectivity index (χ4v) is 4.59. The highest BCUT2D eigenvalue weighted by Crippen LogP contribution is 2.34. The molecule has 0 spiro atoms. The lowest BCUT2D eigenvalue weighted by molar-refractivity contribution is 0.338. The van der Waals surface area contributed by atoms with Gasteiger partial charge in [-0.15, -0.1) is 0 Å². The van der Waals surface area contributed by atoms with Gasteiger partial charge in [0.25, 0.3) is 0 Å². The van der Waals surface area contributed by atoms with Crippen molar-refractivity contribution >= 4 is 22.7 Å². The van der Waals surface area contributed by atoms with Crippen LogP contribution < -0.4 is 29.7 Å². The molecule has 0 aliphatic heterocycles. The molecule has 2 aromatic carbocycles. The van der Waals surface area contributed by atoms with Gasteiger partial charge in [-0.25, -0.2) is 4.98 Å². The largest absolute Gasteiger partial charge is 0.496 e. The van der Waals surface area contributed by atoms with Gasteiger partial charge in [-0.1, -0.05) is 12.1 Å². The molecule has 0 saturated heterocycles. The molecular weight excluding hydrogens is 430 g/mol. The first kappa shape index (κ1) is 23.9. The molecule has 0 atom stereocenters. The zero-order valence-electron chi connectivity index (χ0n) is 20.7. The van der Waals surface area contributed by atoms with E-state index in [4.69, 9.17) is 24.2 Å². The van der Waals surface area contributed by atoms with E-state index in [1.54, 1.807) is 21.3 Å². The van der Waals surface area contributed by atoms with Gasteiger partial charge in [0.1, 0.15) is 23.1 Å². The Kier molecular flexibility index (Phi) is 7.57. The third-order valence-corrected chi connectivity index (χ3v) is 6.45. The second-order valence-corrected chi connectivity index (χ2v) is 8.87. The van der Waals surface area contributed by atoms with Crippen molar-refractivity contribution in [3.8, 4) is 17.2 Å². The number of benzene rings is 2. The molecule has 0 unspecified atom stereocenters.